The van der Waals surface area contributed by atoms with E-state index in [1.165, 1.54) is 0 Å². The lowest BCUT2D eigenvalue weighted by atomic mass is 9.70. The van der Waals surface area contributed by atoms with Crippen LogP contribution in [0, 0.1) is 16.7 Å². The Morgan fingerprint density at radius 1 is 1.31 bits per heavy atom. The molecule has 0 aromatic carbocycles. The Hall–Kier alpha value is -0.120. The van der Waals surface area contributed by atoms with Crippen molar-refractivity contribution in [1.82, 2.24) is 5.48 Å². The standard InChI is InChI=1S/C10H19NO2/c1-9(2)6-4-5-10(9,3)8(12)7(6)11-13/h6-8,11-13H,4-5H2,1-3H3/t6-,7+,8+,10+/m1/s1. The fourth-order valence-corrected chi connectivity index (χ4v) is 3.50. The average Bonchev–Trinajstić information content (AvgIpc) is 2.36. The van der Waals surface area contributed by atoms with Crippen LogP contribution < -0.4 is 5.48 Å². The van der Waals surface area contributed by atoms with E-state index in [9.17, 15) is 5.11 Å². The minimum absolute atomic E-state index is 0.0297. The number of fused-ring (bicyclic) bond motifs is 2. The summed E-state index contributed by atoms with van der Waals surface area (Å²) in [5.74, 6) is 0.400. The summed E-state index contributed by atoms with van der Waals surface area (Å²) in [7, 11) is 0. The fraction of sp³-hybridized carbons (Fsp3) is 1.00. The van der Waals surface area contributed by atoms with E-state index >= 15 is 0 Å². The summed E-state index contributed by atoms with van der Waals surface area (Å²) in [6, 6.07) is -0.131. The molecule has 76 valence electrons. The monoisotopic (exact) mass is 185 g/mol. The SMILES string of the molecule is CC1(C)[C@@H]2CC[C@@]1(C)[C@@H](O)[C@H]2NO. The van der Waals surface area contributed by atoms with Gasteiger partial charge in [0.1, 0.15) is 0 Å². The molecule has 4 atom stereocenters. The smallest absolute Gasteiger partial charge is 0.0777 e. The molecule has 2 rings (SSSR count). The number of nitrogens with one attached hydrogen (secondary N) is 1. The molecule has 0 radical (unpaired) electrons. The van der Waals surface area contributed by atoms with Gasteiger partial charge >= 0.3 is 0 Å². The third kappa shape index (κ3) is 0.853. The molecular formula is C10H19NO2. The van der Waals surface area contributed by atoms with Crippen molar-refractivity contribution in [3.63, 3.8) is 0 Å². The van der Waals surface area contributed by atoms with Crippen molar-refractivity contribution in [3.8, 4) is 0 Å². The first-order valence-electron chi connectivity index (χ1n) is 5.03. The van der Waals surface area contributed by atoms with Crippen LogP contribution in [-0.2, 0) is 0 Å². The van der Waals surface area contributed by atoms with E-state index in [0.717, 1.165) is 12.8 Å². The van der Waals surface area contributed by atoms with E-state index in [4.69, 9.17) is 5.21 Å². The molecule has 0 aromatic heterocycles. The summed E-state index contributed by atoms with van der Waals surface area (Å²) in [6.45, 7) is 6.53. The first kappa shape index (κ1) is 9.44. The number of hydrogen-bond donors (Lipinski definition) is 3. The van der Waals surface area contributed by atoms with Crippen molar-refractivity contribution in [2.75, 3.05) is 0 Å². The Kier molecular flexibility index (Phi) is 1.79. The normalized spacial score (nSPS) is 52.8. The molecule has 2 aliphatic rings. The van der Waals surface area contributed by atoms with Crippen LogP contribution in [0.2, 0.25) is 0 Å². The summed E-state index contributed by atoms with van der Waals surface area (Å²) < 4.78 is 0. The molecule has 0 saturated heterocycles. The minimum Gasteiger partial charge on any atom is -0.391 e. The van der Waals surface area contributed by atoms with Crippen LogP contribution >= 0.6 is 0 Å². The topological polar surface area (TPSA) is 52.5 Å². The molecule has 2 bridgehead atoms. The molecule has 0 aliphatic heterocycles. The lowest BCUT2D eigenvalue weighted by molar-refractivity contribution is -0.0284. The molecule has 13 heavy (non-hydrogen) atoms. The van der Waals surface area contributed by atoms with Crippen LogP contribution in [0.4, 0.5) is 0 Å². The number of hydroxylamine groups is 1. The Morgan fingerprint density at radius 2 is 1.92 bits per heavy atom. The van der Waals surface area contributed by atoms with Crippen molar-refractivity contribution in [1.29, 1.82) is 0 Å². The largest absolute Gasteiger partial charge is 0.391 e. The predicted molar refractivity (Wildman–Crippen MR) is 49.3 cm³/mol. The Morgan fingerprint density at radius 3 is 2.23 bits per heavy atom. The first-order chi connectivity index (χ1) is 5.95. The van der Waals surface area contributed by atoms with Crippen LogP contribution in [-0.4, -0.2) is 22.5 Å². The maximum atomic E-state index is 10.1. The van der Waals surface area contributed by atoms with E-state index in [0.29, 0.717) is 5.92 Å². The zero-order chi connectivity index (χ0) is 9.85. The van der Waals surface area contributed by atoms with Gasteiger partial charge in [0.05, 0.1) is 12.1 Å². The Balaban J connectivity index is 2.39. The highest BCUT2D eigenvalue weighted by atomic mass is 16.5. The van der Waals surface area contributed by atoms with Gasteiger partial charge in [0, 0.05) is 5.41 Å². The molecule has 2 saturated carbocycles. The second-order valence-electron chi connectivity index (χ2n) is 5.38. The summed E-state index contributed by atoms with van der Waals surface area (Å²) >= 11 is 0. The zero-order valence-electron chi connectivity index (χ0n) is 8.54. The number of aliphatic hydroxyl groups is 1. The number of aliphatic hydroxyl groups excluding tert-OH is 1. The molecule has 3 nitrogen and oxygen atoms in total. The van der Waals surface area contributed by atoms with Gasteiger partial charge in [-0.3, -0.25) is 0 Å². The van der Waals surface area contributed by atoms with Gasteiger partial charge in [0.15, 0.2) is 0 Å². The third-order valence-corrected chi connectivity index (χ3v) is 4.95. The van der Waals surface area contributed by atoms with Crippen LogP contribution in [0.25, 0.3) is 0 Å². The zero-order valence-corrected chi connectivity index (χ0v) is 8.54. The van der Waals surface area contributed by atoms with Crippen LogP contribution in [0.5, 0.6) is 0 Å². The van der Waals surface area contributed by atoms with Crippen LogP contribution in [0.3, 0.4) is 0 Å². The molecule has 2 fully saturated rings. The van der Waals surface area contributed by atoms with Gasteiger partial charge < -0.3 is 10.3 Å². The molecule has 2 aliphatic carbocycles. The van der Waals surface area contributed by atoms with Gasteiger partial charge in [-0.1, -0.05) is 20.8 Å². The number of hydrogen-bond acceptors (Lipinski definition) is 3. The summed E-state index contributed by atoms with van der Waals surface area (Å²) in [6.07, 6.45) is 1.77. The summed E-state index contributed by atoms with van der Waals surface area (Å²) in [5.41, 5.74) is 2.38. The van der Waals surface area contributed by atoms with Crippen molar-refractivity contribution < 1.29 is 10.3 Å². The maximum absolute atomic E-state index is 10.1. The van der Waals surface area contributed by atoms with Gasteiger partial charge in [0.25, 0.3) is 0 Å². The molecule has 3 heteroatoms. The minimum atomic E-state index is -0.411. The lowest BCUT2D eigenvalue weighted by Crippen LogP contribution is -2.45. The maximum Gasteiger partial charge on any atom is 0.0777 e. The highest BCUT2D eigenvalue weighted by molar-refractivity contribution is 5.16. The van der Waals surface area contributed by atoms with Crippen molar-refractivity contribution >= 4 is 0 Å². The first-order valence-corrected chi connectivity index (χ1v) is 5.03. The Labute approximate surface area is 79.1 Å². The van der Waals surface area contributed by atoms with Crippen LogP contribution in [0.15, 0.2) is 0 Å². The molecule has 0 heterocycles. The molecule has 0 spiro atoms. The van der Waals surface area contributed by atoms with Crippen molar-refractivity contribution in [2.45, 2.75) is 45.8 Å². The second-order valence-corrected chi connectivity index (χ2v) is 5.38. The second kappa shape index (κ2) is 2.47. The fourth-order valence-electron chi connectivity index (χ4n) is 3.50. The Bertz CT molecular complexity index is 229. The molecule has 0 amide bonds. The molecule has 3 N–H and O–H groups in total. The highest BCUT2D eigenvalue weighted by Gasteiger charge is 2.65. The van der Waals surface area contributed by atoms with Crippen molar-refractivity contribution in [2.24, 2.45) is 16.7 Å². The predicted octanol–water partition coefficient (Wildman–Crippen LogP) is 1.15. The van der Waals surface area contributed by atoms with E-state index in [1.807, 2.05) is 0 Å². The van der Waals surface area contributed by atoms with Crippen LogP contribution in [0.1, 0.15) is 33.6 Å². The van der Waals surface area contributed by atoms with Gasteiger partial charge in [0.2, 0.25) is 0 Å². The average molecular weight is 185 g/mol. The van der Waals surface area contributed by atoms with Gasteiger partial charge in [-0.05, 0) is 24.2 Å². The van der Waals surface area contributed by atoms with E-state index in [-0.39, 0.29) is 16.9 Å². The van der Waals surface area contributed by atoms with Gasteiger partial charge in [-0.15, -0.1) is 0 Å². The van der Waals surface area contributed by atoms with E-state index in [2.05, 4.69) is 26.3 Å². The molecular weight excluding hydrogens is 166 g/mol. The quantitative estimate of drug-likeness (QED) is 0.537. The third-order valence-electron chi connectivity index (χ3n) is 4.95. The van der Waals surface area contributed by atoms with Gasteiger partial charge in [-0.2, -0.15) is 5.48 Å². The molecule has 0 aromatic rings. The van der Waals surface area contributed by atoms with Gasteiger partial charge in [-0.25, -0.2) is 0 Å². The number of rotatable bonds is 1. The van der Waals surface area contributed by atoms with E-state index < -0.39 is 6.10 Å². The lowest BCUT2D eigenvalue weighted by Gasteiger charge is -2.36. The molecule has 0 unspecified atom stereocenters. The summed E-state index contributed by atoms with van der Waals surface area (Å²) in [5, 5.41) is 19.0. The van der Waals surface area contributed by atoms with E-state index in [1.54, 1.807) is 0 Å². The highest BCUT2D eigenvalue weighted by Crippen LogP contribution is 2.65. The summed E-state index contributed by atoms with van der Waals surface area (Å²) in [4.78, 5) is 0. The van der Waals surface area contributed by atoms with Crippen molar-refractivity contribution in [3.05, 3.63) is 0 Å².